The molecule has 0 aliphatic carbocycles. The van der Waals surface area contributed by atoms with Crippen molar-refractivity contribution < 1.29 is 28.6 Å². The van der Waals surface area contributed by atoms with E-state index in [1.54, 1.807) is 0 Å². The Kier molecular flexibility index (Phi) is 7.41. The molecule has 0 aliphatic rings. The summed E-state index contributed by atoms with van der Waals surface area (Å²) >= 11 is 0. The number of rotatable bonds is 7. The lowest BCUT2D eigenvalue weighted by Gasteiger charge is -2.05. The molecule has 0 saturated heterocycles. The van der Waals surface area contributed by atoms with Crippen molar-refractivity contribution in [1.29, 1.82) is 0 Å². The monoisotopic (exact) mass is 244 g/mol. The van der Waals surface area contributed by atoms with Gasteiger partial charge in [0.1, 0.15) is 13.2 Å². The molecule has 0 aromatic rings. The Morgan fingerprint density at radius 1 is 1.00 bits per heavy atom. The van der Waals surface area contributed by atoms with Crippen LogP contribution in [0.5, 0.6) is 0 Å². The van der Waals surface area contributed by atoms with Crippen LogP contribution in [0.25, 0.3) is 0 Å². The van der Waals surface area contributed by atoms with Crippen LogP contribution in [0.1, 0.15) is 19.8 Å². The fraction of sp³-hybridized carbons (Fsp3) is 0.545. The predicted molar refractivity (Wildman–Crippen MR) is 58.0 cm³/mol. The zero-order valence-electron chi connectivity index (χ0n) is 9.99. The van der Waals surface area contributed by atoms with E-state index in [1.165, 1.54) is 14.0 Å². The molecule has 0 N–H and O–H groups in total. The molecular formula is C11H16O6. The highest BCUT2D eigenvalue weighted by molar-refractivity contribution is 5.86. The Morgan fingerprint density at radius 2 is 1.53 bits per heavy atom. The third-order valence-corrected chi connectivity index (χ3v) is 1.69. The van der Waals surface area contributed by atoms with E-state index in [0.717, 1.165) is 0 Å². The zero-order chi connectivity index (χ0) is 13.3. The van der Waals surface area contributed by atoms with Crippen LogP contribution >= 0.6 is 0 Å². The van der Waals surface area contributed by atoms with Crippen molar-refractivity contribution in [2.75, 3.05) is 20.3 Å². The van der Waals surface area contributed by atoms with Gasteiger partial charge in [0.2, 0.25) is 0 Å². The van der Waals surface area contributed by atoms with Crippen molar-refractivity contribution in [3.8, 4) is 0 Å². The molecule has 96 valence electrons. The third kappa shape index (κ3) is 8.01. The van der Waals surface area contributed by atoms with Crippen LogP contribution in [0.2, 0.25) is 0 Å². The van der Waals surface area contributed by atoms with Gasteiger partial charge in [0.05, 0.1) is 20.0 Å². The van der Waals surface area contributed by atoms with Crippen molar-refractivity contribution in [1.82, 2.24) is 0 Å². The molecule has 0 heterocycles. The van der Waals surface area contributed by atoms with Gasteiger partial charge in [-0.2, -0.15) is 0 Å². The minimum absolute atomic E-state index is 0.0269. The van der Waals surface area contributed by atoms with Crippen LogP contribution in [-0.2, 0) is 28.6 Å². The Balaban J connectivity index is 3.55. The average molecular weight is 244 g/mol. The van der Waals surface area contributed by atoms with Crippen molar-refractivity contribution >= 4 is 17.9 Å². The summed E-state index contributed by atoms with van der Waals surface area (Å²) in [6.45, 7) is 4.84. The number of carbonyl (C=O) groups excluding carboxylic acids is 3. The Bertz CT molecular complexity index is 307. The normalized spacial score (nSPS) is 9.29. The van der Waals surface area contributed by atoms with E-state index in [-0.39, 0.29) is 31.6 Å². The van der Waals surface area contributed by atoms with Crippen molar-refractivity contribution in [3.05, 3.63) is 12.2 Å². The number of ether oxygens (including phenoxy) is 3. The first-order valence-corrected chi connectivity index (χ1v) is 5.02. The molecule has 17 heavy (non-hydrogen) atoms. The number of methoxy groups -OCH3 is 1. The molecule has 0 amide bonds. The Hall–Kier alpha value is -1.85. The molecule has 0 aliphatic heterocycles. The molecule has 0 atom stereocenters. The average Bonchev–Trinajstić information content (AvgIpc) is 2.30. The van der Waals surface area contributed by atoms with Crippen LogP contribution in [0.15, 0.2) is 12.2 Å². The molecule has 0 unspecified atom stereocenters. The van der Waals surface area contributed by atoms with E-state index in [0.29, 0.717) is 0 Å². The fourth-order valence-electron chi connectivity index (χ4n) is 0.791. The van der Waals surface area contributed by atoms with Gasteiger partial charge in [-0.05, 0) is 6.92 Å². The summed E-state index contributed by atoms with van der Waals surface area (Å²) in [5, 5.41) is 0. The number of carbonyl (C=O) groups is 3. The van der Waals surface area contributed by atoms with Gasteiger partial charge in [-0.3, -0.25) is 9.59 Å². The quantitative estimate of drug-likeness (QED) is 0.282. The lowest BCUT2D eigenvalue weighted by Crippen LogP contribution is -2.15. The number of hydrogen-bond donors (Lipinski definition) is 0. The fourth-order valence-corrected chi connectivity index (χ4v) is 0.791. The molecule has 0 radical (unpaired) electrons. The summed E-state index contributed by atoms with van der Waals surface area (Å²) in [5.74, 6) is -1.55. The molecule has 0 saturated carbocycles. The van der Waals surface area contributed by atoms with Gasteiger partial charge in [0.15, 0.2) is 0 Å². The molecule has 6 heteroatoms. The van der Waals surface area contributed by atoms with Crippen LogP contribution in [0.4, 0.5) is 0 Å². The SMILES string of the molecule is C=C(C)C(=O)OCCOC(=O)CCC(=O)OC. The second kappa shape index (κ2) is 8.32. The smallest absolute Gasteiger partial charge is 0.333 e. The lowest BCUT2D eigenvalue weighted by molar-refractivity contribution is -0.152. The van der Waals surface area contributed by atoms with Gasteiger partial charge in [-0.15, -0.1) is 0 Å². The van der Waals surface area contributed by atoms with Crippen LogP contribution < -0.4 is 0 Å². The Labute approximate surface area is 99.5 Å². The molecule has 0 aromatic heterocycles. The largest absolute Gasteiger partial charge is 0.469 e. The van der Waals surface area contributed by atoms with E-state index < -0.39 is 17.9 Å². The van der Waals surface area contributed by atoms with Gasteiger partial charge in [0, 0.05) is 5.57 Å². The predicted octanol–water partition coefficient (Wildman–Crippen LogP) is 0.602. The first-order valence-electron chi connectivity index (χ1n) is 5.02. The molecule has 0 fully saturated rings. The molecule has 0 rings (SSSR count). The van der Waals surface area contributed by atoms with E-state index in [4.69, 9.17) is 9.47 Å². The first-order chi connectivity index (χ1) is 7.97. The minimum Gasteiger partial charge on any atom is -0.469 e. The minimum atomic E-state index is -0.540. The van der Waals surface area contributed by atoms with Crippen molar-refractivity contribution in [3.63, 3.8) is 0 Å². The highest BCUT2D eigenvalue weighted by Gasteiger charge is 2.08. The van der Waals surface area contributed by atoms with E-state index in [1.807, 2.05) is 0 Å². The van der Waals surface area contributed by atoms with Crippen LogP contribution in [0, 0.1) is 0 Å². The highest BCUT2D eigenvalue weighted by atomic mass is 16.6. The van der Waals surface area contributed by atoms with Gasteiger partial charge in [-0.25, -0.2) is 4.79 Å². The molecule has 6 nitrogen and oxygen atoms in total. The summed E-state index contributed by atoms with van der Waals surface area (Å²) in [5.41, 5.74) is 0.280. The summed E-state index contributed by atoms with van der Waals surface area (Å²) in [4.78, 5) is 32.7. The summed E-state index contributed by atoms with van der Waals surface area (Å²) < 4.78 is 13.8. The second-order valence-electron chi connectivity index (χ2n) is 3.21. The third-order valence-electron chi connectivity index (χ3n) is 1.69. The second-order valence-corrected chi connectivity index (χ2v) is 3.21. The van der Waals surface area contributed by atoms with E-state index in [9.17, 15) is 14.4 Å². The molecule has 0 aromatic carbocycles. The van der Waals surface area contributed by atoms with Gasteiger partial charge in [-0.1, -0.05) is 6.58 Å². The van der Waals surface area contributed by atoms with Gasteiger partial charge < -0.3 is 14.2 Å². The summed E-state index contributed by atoms with van der Waals surface area (Å²) in [6, 6.07) is 0. The zero-order valence-corrected chi connectivity index (χ0v) is 9.99. The lowest BCUT2D eigenvalue weighted by atomic mass is 10.3. The number of esters is 3. The highest BCUT2D eigenvalue weighted by Crippen LogP contribution is 1.96. The summed E-state index contributed by atoms with van der Waals surface area (Å²) in [6.07, 6.45) is -0.0814. The van der Waals surface area contributed by atoms with Gasteiger partial charge in [0.25, 0.3) is 0 Å². The molecular weight excluding hydrogens is 228 g/mol. The topological polar surface area (TPSA) is 78.9 Å². The molecule has 0 spiro atoms. The van der Waals surface area contributed by atoms with E-state index in [2.05, 4.69) is 11.3 Å². The maximum Gasteiger partial charge on any atom is 0.333 e. The van der Waals surface area contributed by atoms with Gasteiger partial charge >= 0.3 is 17.9 Å². The maximum atomic E-state index is 11.1. The standard InChI is InChI=1S/C11H16O6/c1-8(2)11(14)17-7-6-16-10(13)5-4-9(12)15-3/h1,4-7H2,2-3H3. The van der Waals surface area contributed by atoms with Crippen LogP contribution in [0.3, 0.4) is 0 Å². The van der Waals surface area contributed by atoms with E-state index >= 15 is 0 Å². The number of hydrogen-bond acceptors (Lipinski definition) is 6. The van der Waals surface area contributed by atoms with Crippen LogP contribution in [-0.4, -0.2) is 38.2 Å². The molecule has 0 bridgehead atoms. The maximum absolute atomic E-state index is 11.1. The summed E-state index contributed by atoms with van der Waals surface area (Å²) in [7, 11) is 1.24. The van der Waals surface area contributed by atoms with Crippen molar-refractivity contribution in [2.24, 2.45) is 0 Å². The van der Waals surface area contributed by atoms with Crippen molar-refractivity contribution in [2.45, 2.75) is 19.8 Å². The Morgan fingerprint density at radius 3 is 2.06 bits per heavy atom. The first kappa shape index (κ1) is 15.2.